The van der Waals surface area contributed by atoms with E-state index in [2.05, 4.69) is 47.2 Å². The summed E-state index contributed by atoms with van der Waals surface area (Å²) in [6, 6.07) is 18.7. The van der Waals surface area contributed by atoms with E-state index in [4.69, 9.17) is 4.74 Å². The first-order chi connectivity index (χ1) is 12.6. The Balaban J connectivity index is 1.74. The van der Waals surface area contributed by atoms with Gasteiger partial charge in [-0.3, -0.25) is 9.59 Å². The van der Waals surface area contributed by atoms with Gasteiger partial charge in [-0.1, -0.05) is 54.6 Å². The molecule has 0 bridgehead atoms. The van der Waals surface area contributed by atoms with Crippen molar-refractivity contribution in [2.24, 2.45) is 5.92 Å². The minimum Gasteiger partial charge on any atom is -0.468 e. The Hall–Kier alpha value is -3.14. The summed E-state index contributed by atoms with van der Waals surface area (Å²) >= 11 is 0. The number of methoxy groups -OCH3 is 1. The zero-order valence-electron chi connectivity index (χ0n) is 14.6. The molecular formula is C22H18O4. The van der Waals surface area contributed by atoms with E-state index in [1.807, 2.05) is 12.1 Å². The SMILES string of the molecule is COC(=O)C(C)C(=O)OCc1ccc2ccc3cccc4ccc1c2c34. The van der Waals surface area contributed by atoms with Gasteiger partial charge in [-0.25, -0.2) is 0 Å². The van der Waals surface area contributed by atoms with Crippen LogP contribution in [-0.2, 0) is 25.7 Å². The number of ether oxygens (including phenoxy) is 2. The first-order valence-electron chi connectivity index (χ1n) is 8.50. The molecule has 0 fully saturated rings. The summed E-state index contributed by atoms with van der Waals surface area (Å²) in [6.07, 6.45) is 0. The van der Waals surface area contributed by atoms with Gasteiger partial charge in [0.05, 0.1) is 7.11 Å². The maximum Gasteiger partial charge on any atom is 0.320 e. The Morgan fingerprint density at radius 1 is 0.846 bits per heavy atom. The topological polar surface area (TPSA) is 52.6 Å². The summed E-state index contributed by atoms with van der Waals surface area (Å²) in [5.74, 6) is -2.10. The lowest BCUT2D eigenvalue weighted by atomic mass is 9.92. The average Bonchev–Trinajstić information content (AvgIpc) is 2.69. The summed E-state index contributed by atoms with van der Waals surface area (Å²) in [7, 11) is 1.26. The molecule has 4 rings (SSSR count). The smallest absolute Gasteiger partial charge is 0.320 e. The standard InChI is InChI=1S/C22H18O4/c1-13(21(23)25-2)22(24)26-12-17-9-8-16-7-6-14-4-3-5-15-10-11-18(17)20(16)19(14)15/h3-11,13H,12H2,1-2H3. The highest BCUT2D eigenvalue weighted by Crippen LogP contribution is 2.36. The predicted molar refractivity (Wildman–Crippen MR) is 101 cm³/mol. The quantitative estimate of drug-likeness (QED) is 0.311. The molecule has 0 radical (unpaired) electrons. The zero-order valence-corrected chi connectivity index (χ0v) is 14.6. The molecule has 1 unspecified atom stereocenters. The van der Waals surface area contributed by atoms with Crippen LogP contribution in [0.4, 0.5) is 0 Å². The number of hydrogen-bond donors (Lipinski definition) is 0. The maximum absolute atomic E-state index is 12.1. The van der Waals surface area contributed by atoms with E-state index in [0.717, 1.165) is 16.3 Å². The highest BCUT2D eigenvalue weighted by molar-refractivity contribution is 6.23. The third-order valence-corrected chi connectivity index (χ3v) is 4.90. The van der Waals surface area contributed by atoms with Crippen LogP contribution in [-0.4, -0.2) is 19.0 Å². The number of esters is 2. The summed E-state index contributed by atoms with van der Waals surface area (Å²) in [5.41, 5.74) is 0.918. The van der Waals surface area contributed by atoms with Gasteiger partial charge in [-0.2, -0.15) is 0 Å². The van der Waals surface area contributed by atoms with Crippen LogP contribution in [0.2, 0.25) is 0 Å². The number of rotatable bonds is 4. The molecule has 0 amide bonds. The Morgan fingerprint density at radius 2 is 1.46 bits per heavy atom. The van der Waals surface area contributed by atoms with E-state index >= 15 is 0 Å². The third-order valence-electron chi connectivity index (χ3n) is 4.90. The van der Waals surface area contributed by atoms with Crippen LogP contribution in [0.15, 0.2) is 54.6 Å². The largest absolute Gasteiger partial charge is 0.468 e. The number of carbonyl (C=O) groups excluding carboxylic acids is 2. The van der Waals surface area contributed by atoms with Gasteiger partial charge in [0.1, 0.15) is 6.61 Å². The Labute approximate surface area is 150 Å². The molecule has 0 saturated heterocycles. The van der Waals surface area contributed by atoms with Crippen molar-refractivity contribution < 1.29 is 19.1 Å². The molecule has 4 aromatic carbocycles. The van der Waals surface area contributed by atoms with Gasteiger partial charge < -0.3 is 9.47 Å². The van der Waals surface area contributed by atoms with Gasteiger partial charge in [0, 0.05) is 0 Å². The Bertz CT molecular complexity index is 1110. The molecule has 0 aliphatic carbocycles. The Morgan fingerprint density at radius 3 is 2.15 bits per heavy atom. The Kier molecular flexibility index (Phi) is 3.96. The molecule has 0 N–H and O–H groups in total. The van der Waals surface area contributed by atoms with Gasteiger partial charge in [0.15, 0.2) is 5.92 Å². The van der Waals surface area contributed by atoms with Crippen molar-refractivity contribution in [1.29, 1.82) is 0 Å². The lowest BCUT2D eigenvalue weighted by molar-refractivity contribution is -0.160. The van der Waals surface area contributed by atoms with Crippen LogP contribution in [0, 0.1) is 5.92 Å². The first kappa shape index (κ1) is 16.3. The van der Waals surface area contributed by atoms with Gasteiger partial charge in [-0.15, -0.1) is 0 Å². The monoisotopic (exact) mass is 346 g/mol. The molecule has 4 heteroatoms. The summed E-state index contributed by atoms with van der Waals surface area (Å²) in [5, 5.41) is 6.99. The van der Waals surface area contributed by atoms with Crippen LogP contribution >= 0.6 is 0 Å². The van der Waals surface area contributed by atoms with E-state index in [9.17, 15) is 9.59 Å². The van der Waals surface area contributed by atoms with Crippen molar-refractivity contribution in [1.82, 2.24) is 0 Å². The van der Waals surface area contributed by atoms with Crippen molar-refractivity contribution in [2.75, 3.05) is 7.11 Å². The van der Waals surface area contributed by atoms with Crippen LogP contribution in [0.25, 0.3) is 32.3 Å². The minimum absolute atomic E-state index is 0.119. The van der Waals surface area contributed by atoms with Crippen molar-refractivity contribution in [3.8, 4) is 0 Å². The average molecular weight is 346 g/mol. The van der Waals surface area contributed by atoms with Crippen molar-refractivity contribution in [3.05, 3.63) is 60.2 Å². The van der Waals surface area contributed by atoms with Gasteiger partial charge >= 0.3 is 11.9 Å². The third kappa shape index (κ3) is 2.54. The van der Waals surface area contributed by atoms with E-state index < -0.39 is 17.9 Å². The van der Waals surface area contributed by atoms with E-state index in [-0.39, 0.29) is 6.61 Å². The second-order valence-corrected chi connectivity index (χ2v) is 6.43. The van der Waals surface area contributed by atoms with Crippen LogP contribution in [0.5, 0.6) is 0 Å². The molecule has 0 heterocycles. The highest BCUT2D eigenvalue weighted by Gasteiger charge is 2.24. The highest BCUT2D eigenvalue weighted by atomic mass is 16.5. The summed E-state index contributed by atoms with van der Waals surface area (Å²) in [6.45, 7) is 1.60. The zero-order chi connectivity index (χ0) is 18.3. The van der Waals surface area contributed by atoms with E-state index in [1.54, 1.807) is 0 Å². The molecule has 0 saturated carbocycles. The van der Waals surface area contributed by atoms with Crippen LogP contribution in [0.3, 0.4) is 0 Å². The number of carbonyl (C=O) groups is 2. The number of benzene rings is 4. The lowest BCUT2D eigenvalue weighted by Crippen LogP contribution is -2.24. The molecule has 26 heavy (non-hydrogen) atoms. The fourth-order valence-electron chi connectivity index (χ4n) is 3.47. The molecule has 0 spiro atoms. The predicted octanol–water partition coefficient (Wildman–Crippen LogP) is 4.44. The molecule has 1 atom stereocenters. The van der Waals surface area contributed by atoms with E-state index in [1.165, 1.54) is 35.6 Å². The minimum atomic E-state index is -0.931. The van der Waals surface area contributed by atoms with Crippen molar-refractivity contribution in [2.45, 2.75) is 13.5 Å². The molecule has 0 aliphatic heterocycles. The fourth-order valence-corrected chi connectivity index (χ4v) is 3.47. The second kappa shape index (κ2) is 6.30. The van der Waals surface area contributed by atoms with Crippen molar-refractivity contribution in [3.63, 3.8) is 0 Å². The molecular weight excluding hydrogens is 328 g/mol. The molecule has 0 aliphatic rings. The number of hydrogen-bond acceptors (Lipinski definition) is 4. The fraction of sp³-hybridized carbons (Fsp3) is 0.182. The van der Waals surface area contributed by atoms with Gasteiger partial charge in [-0.05, 0) is 44.8 Å². The van der Waals surface area contributed by atoms with Gasteiger partial charge in [0.25, 0.3) is 0 Å². The van der Waals surface area contributed by atoms with Gasteiger partial charge in [0.2, 0.25) is 0 Å². The van der Waals surface area contributed by atoms with Crippen LogP contribution < -0.4 is 0 Å². The summed E-state index contributed by atoms with van der Waals surface area (Å²) < 4.78 is 9.96. The lowest BCUT2D eigenvalue weighted by Gasteiger charge is -2.15. The normalized spacial score (nSPS) is 12.5. The molecule has 0 aromatic heterocycles. The van der Waals surface area contributed by atoms with Crippen LogP contribution in [0.1, 0.15) is 12.5 Å². The van der Waals surface area contributed by atoms with E-state index in [0.29, 0.717) is 0 Å². The second-order valence-electron chi connectivity index (χ2n) is 6.43. The first-order valence-corrected chi connectivity index (χ1v) is 8.50. The molecule has 4 nitrogen and oxygen atoms in total. The maximum atomic E-state index is 12.1. The molecule has 4 aromatic rings. The van der Waals surface area contributed by atoms with Crippen molar-refractivity contribution >= 4 is 44.3 Å². The molecule has 130 valence electrons. The summed E-state index contributed by atoms with van der Waals surface area (Å²) in [4.78, 5) is 23.5.